The molecule has 0 atom stereocenters. The van der Waals surface area contributed by atoms with Crippen molar-refractivity contribution in [2.75, 3.05) is 20.1 Å². The Balaban J connectivity index is 1.63. The Morgan fingerprint density at radius 3 is 2.36 bits per heavy atom. The second-order valence-electron chi connectivity index (χ2n) is 6.00. The van der Waals surface area contributed by atoms with Crippen LogP contribution < -0.4 is 0 Å². The molecule has 1 saturated heterocycles. The van der Waals surface area contributed by atoms with Crippen molar-refractivity contribution in [3.05, 3.63) is 71.3 Å². The first-order chi connectivity index (χ1) is 10.7. The van der Waals surface area contributed by atoms with Gasteiger partial charge in [0.25, 0.3) is 5.91 Å². The molecule has 0 saturated carbocycles. The van der Waals surface area contributed by atoms with Crippen LogP contribution in [0.25, 0.3) is 0 Å². The maximum Gasteiger partial charge on any atom is 0.253 e. The molecule has 1 aliphatic rings. The maximum absolute atomic E-state index is 12.3. The summed E-state index contributed by atoms with van der Waals surface area (Å²) in [5.41, 5.74) is 3.30. The highest BCUT2D eigenvalue weighted by Crippen LogP contribution is 2.15. The van der Waals surface area contributed by atoms with Crippen LogP contribution in [0.4, 0.5) is 0 Å². The van der Waals surface area contributed by atoms with E-state index < -0.39 is 0 Å². The number of benzene rings is 2. The molecule has 0 aliphatic carbocycles. The minimum Gasteiger partial charge on any atom is -0.339 e. The van der Waals surface area contributed by atoms with E-state index in [1.165, 1.54) is 11.1 Å². The van der Waals surface area contributed by atoms with Crippen molar-refractivity contribution in [2.24, 2.45) is 0 Å². The van der Waals surface area contributed by atoms with Gasteiger partial charge >= 0.3 is 0 Å². The summed E-state index contributed by atoms with van der Waals surface area (Å²) in [7, 11) is 2.11. The number of carbonyl (C=O) groups is 1. The molecule has 1 heterocycles. The number of rotatable bonds is 5. The quantitative estimate of drug-likeness (QED) is 0.845. The van der Waals surface area contributed by atoms with Gasteiger partial charge in [0.2, 0.25) is 0 Å². The third-order valence-electron chi connectivity index (χ3n) is 4.07. The van der Waals surface area contributed by atoms with Crippen molar-refractivity contribution in [1.82, 2.24) is 9.80 Å². The van der Waals surface area contributed by atoms with E-state index in [1.807, 2.05) is 29.2 Å². The SMILES string of the molecule is CN(Cc1ccccc1)Cc1cccc(C(=O)N2CCC2)c1. The summed E-state index contributed by atoms with van der Waals surface area (Å²) >= 11 is 0. The van der Waals surface area contributed by atoms with Crippen LogP contribution in [0.3, 0.4) is 0 Å². The smallest absolute Gasteiger partial charge is 0.253 e. The average molecular weight is 294 g/mol. The van der Waals surface area contributed by atoms with Crippen molar-refractivity contribution in [3.8, 4) is 0 Å². The van der Waals surface area contributed by atoms with Gasteiger partial charge in [-0.15, -0.1) is 0 Å². The Morgan fingerprint density at radius 1 is 1.00 bits per heavy atom. The number of amides is 1. The number of nitrogens with zero attached hydrogens (tertiary/aromatic N) is 2. The first kappa shape index (κ1) is 14.8. The Morgan fingerprint density at radius 2 is 1.68 bits per heavy atom. The van der Waals surface area contributed by atoms with Crippen LogP contribution in [0.5, 0.6) is 0 Å². The van der Waals surface area contributed by atoms with Crippen LogP contribution in [0.2, 0.25) is 0 Å². The third kappa shape index (κ3) is 3.55. The van der Waals surface area contributed by atoms with Gasteiger partial charge in [-0.05, 0) is 36.7 Å². The highest BCUT2D eigenvalue weighted by Gasteiger charge is 2.21. The first-order valence-electron chi connectivity index (χ1n) is 7.83. The van der Waals surface area contributed by atoms with E-state index in [0.717, 1.165) is 38.2 Å². The predicted molar refractivity (Wildman–Crippen MR) is 88.6 cm³/mol. The standard InChI is InChI=1S/C19H22N2O/c1-20(14-16-7-3-2-4-8-16)15-17-9-5-10-18(13-17)19(22)21-11-6-12-21/h2-5,7-10,13H,6,11-12,14-15H2,1H3. The molecule has 22 heavy (non-hydrogen) atoms. The van der Waals surface area contributed by atoms with Gasteiger partial charge in [0.1, 0.15) is 0 Å². The zero-order valence-corrected chi connectivity index (χ0v) is 13.0. The van der Waals surface area contributed by atoms with Crippen LogP contribution >= 0.6 is 0 Å². The van der Waals surface area contributed by atoms with Gasteiger partial charge < -0.3 is 4.90 Å². The number of likely N-dealkylation sites (tertiary alicyclic amines) is 1. The summed E-state index contributed by atoms with van der Waals surface area (Å²) < 4.78 is 0. The fraction of sp³-hybridized carbons (Fsp3) is 0.316. The summed E-state index contributed by atoms with van der Waals surface area (Å²) in [6, 6.07) is 18.5. The molecule has 2 aromatic rings. The van der Waals surface area contributed by atoms with Crippen LogP contribution in [0.1, 0.15) is 27.9 Å². The lowest BCUT2D eigenvalue weighted by Gasteiger charge is -2.31. The zero-order valence-electron chi connectivity index (χ0n) is 13.0. The molecule has 0 radical (unpaired) electrons. The van der Waals surface area contributed by atoms with Crippen LogP contribution in [0.15, 0.2) is 54.6 Å². The van der Waals surface area contributed by atoms with Gasteiger partial charge in [-0.2, -0.15) is 0 Å². The van der Waals surface area contributed by atoms with E-state index in [2.05, 4.69) is 42.3 Å². The van der Waals surface area contributed by atoms with Gasteiger partial charge in [0.05, 0.1) is 0 Å². The van der Waals surface area contributed by atoms with Crippen molar-refractivity contribution in [2.45, 2.75) is 19.5 Å². The summed E-state index contributed by atoms with van der Waals surface area (Å²) in [5, 5.41) is 0. The number of carbonyl (C=O) groups excluding carboxylic acids is 1. The summed E-state index contributed by atoms with van der Waals surface area (Å²) in [6.45, 7) is 3.55. The molecule has 1 fully saturated rings. The van der Waals surface area contributed by atoms with E-state index in [1.54, 1.807) is 0 Å². The van der Waals surface area contributed by atoms with E-state index >= 15 is 0 Å². The molecule has 1 aliphatic heterocycles. The fourth-order valence-corrected chi connectivity index (χ4v) is 2.77. The second kappa shape index (κ2) is 6.75. The summed E-state index contributed by atoms with van der Waals surface area (Å²) in [5.74, 6) is 0.166. The van der Waals surface area contributed by atoms with E-state index in [9.17, 15) is 4.79 Å². The molecule has 3 rings (SSSR count). The zero-order chi connectivity index (χ0) is 15.4. The van der Waals surface area contributed by atoms with Crippen molar-refractivity contribution in [1.29, 1.82) is 0 Å². The van der Waals surface area contributed by atoms with E-state index in [0.29, 0.717) is 0 Å². The molecule has 114 valence electrons. The Hall–Kier alpha value is -2.13. The van der Waals surface area contributed by atoms with Gasteiger partial charge in [0.15, 0.2) is 0 Å². The predicted octanol–water partition coefficient (Wildman–Crippen LogP) is 3.16. The normalized spacial score (nSPS) is 14.0. The van der Waals surface area contributed by atoms with Gasteiger partial charge in [-0.3, -0.25) is 9.69 Å². The molecular weight excluding hydrogens is 272 g/mol. The minimum absolute atomic E-state index is 0.166. The molecule has 0 unspecified atom stereocenters. The molecule has 0 N–H and O–H groups in total. The van der Waals surface area contributed by atoms with Crippen LogP contribution in [-0.2, 0) is 13.1 Å². The Bertz CT molecular complexity index is 635. The summed E-state index contributed by atoms with van der Waals surface area (Å²) in [6.07, 6.45) is 1.13. The topological polar surface area (TPSA) is 23.6 Å². The third-order valence-corrected chi connectivity index (χ3v) is 4.07. The molecule has 3 nitrogen and oxygen atoms in total. The molecule has 1 amide bonds. The lowest BCUT2D eigenvalue weighted by atomic mass is 10.1. The maximum atomic E-state index is 12.3. The minimum atomic E-state index is 0.166. The molecule has 2 aromatic carbocycles. The number of hydrogen-bond acceptors (Lipinski definition) is 2. The first-order valence-corrected chi connectivity index (χ1v) is 7.83. The molecule has 0 bridgehead atoms. The van der Waals surface area contributed by atoms with Gasteiger partial charge in [-0.25, -0.2) is 0 Å². The fourth-order valence-electron chi connectivity index (χ4n) is 2.77. The highest BCUT2D eigenvalue weighted by molar-refractivity contribution is 5.94. The largest absolute Gasteiger partial charge is 0.339 e. The van der Waals surface area contributed by atoms with Crippen LogP contribution in [-0.4, -0.2) is 35.8 Å². The monoisotopic (exact) mass is 294 g/mol. The lowest BCUT2D eigenvalue weighted by Crippen LogP contribution is -2.42. The van der Waals surface area contributed by atoms with Crippen molar-refractivity contribution < 1.29 is 4.79 Å². The molecule has 0 aromatic heterocycles. The average Bonchev–Trinajstić information content (AvgIpc) is 2.46. The summed E-state index contributed by atoms with van der Waals surface area (Å²) in [4.78, 5) is 16.4. The van der Waals surface area contributed by atoms with Gasteiger partial charge in [0, 0.05) is 31.7 Å². The molecule has 0 spiro atoms. The lowest BCUT2D eigenvalue weighted by molar-refractivity contribution is 0.0651. The van der Waals surface area contributed by atoms with Crippen molar-refractivity contribution in [3.63, 3.8) is 0 Å². The Labute approximate surface area is 132 Å². The molecule has 3 heteroatoms. The molecular formula is C19H22N2O. The highest BCUT2D eigenvalue weighted by atomic mass is 16.2. The van der Waals surface area contributed by atoms with E-state index in [-0.39, 0.29) is 5.91 Å². The van der Waals surface area contributed by atoms with E-state index in [4.69, 9.17) is 0 Å². The Kier molecular flexibility index (Phi) is 4.54. The van der Waals surface area contributed by atoms with Gasteiger partial charge in [-0.1, -0.05) is 42.5 Å². The van der Waals surface area contributed by atoms with Crippen molar-refractivity contribution >= 4 is 5.91 Å². The van der Waals surface area contributed by atoms with Crippen LogP contribution in [0, 0.1) is 0 Å². The number of hydrogen-bond donors (Lipinski definition) is 0. The second-order valence-corrected chi connectivity index (χ2v) is 6.00.